The van der Waals surface area contributed by atoms with Gasteiger partial charge in [-0.25, -0.2) is 4.79 Å². The molecule has 1 amide bonds. The van der Waals surface area contributed by atoms with E-state index in [-0.39, 0.29) is 0 Å². The van der Waals surface area contributed by atoms with Crippen LogP contribution in [0.15, 0.2) is 18.3 Å². The van der Waals surface area contributed by atoms with Crippen LogP contribution >= 0.6 is 0 Å². The summed E-state index contributed by atoms with van der Waals surface area (Å²) in [5.41, 5.74) is -0.915. The molecule has 0 atom stereocenters. The fourth-order valence-electron chi connectivity index (χ4n) is 0.876. The van der Waals surface area contributed by atoms with Crippen molar-refractivity contribution in [1.82, 2.24) is 10.3 Å². The summed E-state index contributed by atoms with van der Waals surface area (Å²) < 4.78 is 0. The smallest absolute Gasteiger partial charge is 0.328 e. The van der Waals surface area contributed by atoms with Crippen LogP contribution in [0.25, 0.3) is 0 Å². The van der Waals surface area contributed by atoms with Gasteiger partial charge in [0.05, 0.1) is 0 Å². The number of aromatic amines is 1. The number of carbonyl (C=O) groups is 2. The monoisotopic (exact) mass is 196 g/mol. The van der Waals surface area contributed by atoms with E-state index in [4.69, 9.17) is 5.11 Å². The lowest BCUT2D eigenvalue weighted by molar-refractivity contribution is -0.143. The molecule has 76 valence electrons. The molecule has 1 heterocycles. The number of amides is 1. The second-order valence-corrected chi connectivity index (χ2v) is 3.47. The number of carboxylic acids is 1. The van der Waals surface area contributed by atoms with Crippen molar-refractivity contribution in [2.24, 2.45) is 0 Å². The van der Waals surface area contributed by atoms with Gasteiger partial charge in [0.15, 0.2) is 0 Å². The summed E-state index contributed by atoms with van der Waals surface area (Å²) in [5.74, 6) is -1.50. The Morgan fingerprint density at radius 3 is 2.57 bits per heavy atom. The minimum absolute atomic E-state index is 0.347. The molecule has 0 saturated carbocycles. The average molecular weight is 196 g/mol. The number of rotatable bonds is 3. The number of hydrogen-bond donors (Lipinski definition) is 3. The molecule has 1 aromatic heterocycles. The second kappa shape index (κ2) is 3.53. The zero-order chi connectivity index (χ0) is 10.8. The van der Waals surface area contributed by atoms with E-state index in [0.717, 1.165) is 0 Å². The molecule has 5 heteroatoms. The average Bonchev–Trinajstić information content (AvgIpc) is 2.54. The largest absolute Gasteiger partial charge is 0.480 e. The van der Waals surface area contributed by atoms with Gasteiger partial charge in [-0.2, -0.15) is 0 Å². The molecule has 3 N–H and O–H groups in total. The SMILES string of the molecule is CC(C)(NC(=O)c1ccc[nH]1)C(=O)O. The fraction of sp³-hybridized carbons (Fsp3) is 0.333. The standard InChI is InChI=1S/C9H12N2O3/c1-9(2,8(13)14)11-7(12)6-4-3-5-10-6/h3-5,10H,1-2H3,(H,11,12)(H,13,14). The summed E-state index contributed by atoms with van der Waals surface area (Å²) in [4.78, 5) is 24.8. The van der Waals surface area contributed by atoms with Crippen LogP contribution in [0.5, 0.6) is 0 Å². The number of carbonyl (C=O) groups excluding carboxylic acids is 1. The highest BCUT2D eigenvalue weighted by Gasteiger charge is 2.29. The first kappa shape index (κ1) is 10.3. The van der Waals surface area contributed by atoms with Crippen molar-refractivity contribution in [1.29, 1.82) is 0 Å². The van der Waals surface area contributed by atoms with Crippen molar-refractivity contribution < 1.29 is 14.7 Å². The Balaban J connectivity index is 2.71. The lowest BCUT2D eigenvalue weighted by atomic mass is 10.1. The van der Waals surface area contributed by atoms with E-state index in [2.05, 4.69) is 10.3 Å². The van der Waals surface area contributed by atoms with Crippen molar-refractivity contribution in [2.75, 3.05) is 0 Å². The van der Waals surface area contributed by atoms with Gasteiger partial charge >= 0.3 is 5.97 Å². The zero-order valence-electron chi connectivity index (χ0n) is 8.00. The van der Waals surface area contributed by atoms with Gasteiger partial charge in [0.25, 0.3) is 5.91 Å². The zero-order valence-corrected chi connectivity index (χ0v) is 8.00. The van der Waals surface area contributed by atoms with Crippen molar-refractivity contribution in [3.8, 4) is 0 Å². The Labute approximate surface area is 81.1 Å². The molecule has 0 unspecified atom stereocenters. The molecular weight excluding hydrogens is 184 g/mol. The minimum atomic E-state index is -1.26. The van der Waals surface area contributed by atoms with Crippen molar-refractivity contribution >= 4 is 11.9 Å². The van der Waals surface area contributed by atoms with Crippen LogP contribution < -0.4 is 5.32 Å². The van der Waals surface area contributed by atoms with E-state index in [1.165, 1.54) is 13.8 Å². The molecule has 1 aromatic rings. The van der Waals surface area contributed by atoms with Crippen LogP contribution in [-0.2, 0) is 4.79 Å². The van der Waals surface area contributed by atoms with Crippen LogP contribution in [0.4, 0.5) is 0 Å². The highest BCUT2D eigenvalue weighted by atomic mass is 16.4. The van der Waals surface area contributed by atoms with Crippen LogP contribution in [0, 0.1) is 0 Å². The topological polar surface area (TPSA) is 82.2 Å². The second-order valence-electron chi connectivity index (χ2n) is 3.47. The van der Waals surface area contributed by atoms with Crippen molar-refractivity contribution in [3.63, 3.8) is 0 Å². The van der Waals surface area contributed by atoms with E-state index in [0.29, 0.717) is 5.69 Å². The number of H-pyrrole nitrogens is 1. The van der Waals surface area contributed by atoms with E-state index in [9.17, 15) is 9.59 Å². The minimum Gasteiger partial charge on any atom is -0.480 e. The van der Waals surface area contributed by atoms with Gasteiger partial charge in [0.2, 0.25) is 0 Å². The Hall–Kier alpha value is -1.78. The predicted molar refractivity (Wildman–Crippen MR) is 50.0 cm³/mol. The van der Waals surface area contributed by atoms with E-state index in [1.807, 2.05) is 0 Å². The van der Waals surface area contributed by atoms with Crippen LogP contribution in [0.2, 0.25) is 0 Å². The van der Waals surface area contributed by atoms with Gasteiger partial charge in [0.1, 0.15) is 11.2 Å². The quantitative estimate of drug-likeness (QED) is 0.662. The summed E-state index contributed by atoms with van der Waals surface area (Å²) in [7, 11) is 0. The van der Waals surface area contributed by atoms with Gasteiger partial charge in [-0.3, -0.25) is 4.79 Å². The van der Waals surface area contributed by atoms with Gasteiger partial charge in [-0.1, -0.05) is 0 Å². The third-order valence-electron chi connectivity index (χ3n) is 1.80. The molecule has 0 spiro atoms. The Bertz CT molecular complexity index is 341. The Morgan fingerprint density at radius 1 is 1.50 bits per heavy atom. The maximum Gasteiger partial charge on any atom is 0.328 e. The molecular formula is C9H12N2O3. The van der Waals surface area contributed by atoms with E-state index in [1.54, 1.807) is 18.3 Å². The van der Waals surface area contributed by atoms with Crippen LogP contribution in [0.1, 0.15) is 24.3 Å². The fourth-order valence-corrected chi connectivity index (χ4v) is 0.876. The molecule has 0 aliphatic carbocycles. The highest BCUT2D eigenvalue weighted by Crippen LogP contribution is 2.04. The van der Waals surface area contributed by atoms with E-state index >= 15 is 0 Å². The first-order valence-electron chi connectivity index (χ1n) is 4.13. The van der Waals surface area contributed by atoms with Crippen molar-refractivity contribution in [3.05, 3.63) is 24.0 Å². The van der Waals surface area contributed by atoms with Gasteiger partial charge in [0, 0.05) is 6.20 Å². The van der Waals surface area contributed by atoms with Crippen LogP contribution in [-0.4, -0.2) is 27.5 Å². The normalized spacial score (nSPS) is 11.0. The number of nitrogens with one attached hydrogen (secondary N) is 2. The van der Waals surface area contributed by atoms with E-state index < -0.39 is 17.4 Å². The molecule has 0 radical (unpaired) electrons. The van der Waals surface area contributed by atoms with Gasteiger partial charge < -0.3 is 15.4 Å². The van der Waals surface area contributed by atoms with Crippen molar-refractivity contribution in [2.45, 2.75) is 19.4 Å². The molecule has 5 nitrogen and oxygen atoms in total. The number of carboxylic acid groups (broad SMARTS) is 1. The number of aromatic nitrogens is 1. The lowest BCUT2D eigenvalue weighted by Crippen LogP contribution is -2.49. The third kappa shape index (κ3) is 2.12. The first-order valence-corrected chi connectivity index (χ1v) is 4.13. The number of aliphatic carboxylic acids is 1. The van der Waals surface area contributed by atoms with Crippen LogP contribution in [0.3, 0.4) is 0 Å². The molecule has 0 aliphatic rings. The highest BCUT2D eigenvalue weighted by molar-refractivity contribution is 5.96. The summed E-state index contributed by atoms with van der Waals surface area (Å²) >= 11 is 0. The maximum atomic E-state index is 11.4. The summed E-state index contributed by atoms with van der Waals surface area (Å²) in [5, 5.41) is 11.2. The Kier molecular flexibility index (Phi) is 2.60. The maximum absolute atomic E-state index is 11.4. The van der Waals surface area contributed by atoms with Gasteiger partial charge in [-0.05, 0) is 26.0 Å². The molecule has 0 bridgehead atoms. The predicted octanol–water partition coefficient (Wildman–Crippen LogP) is 0.608. The summed E-state index contributed by atoms with van der Waals surface area (Å²) in [6.07, 6.45) is 1.60. The van der Waals surface area contributed by atoms with Gasteiger partial charge in [-0.15, -0.1) is 0 Å². The first-order chi connectivity index (χ1) is 6.43. The Morgan fingerprint density at radius 2 is 2.14 bits per heavy atom. The molecule has 1 rings (SSSR count). The molecule has 0 aliphatic heterocycles. The molecule has 0 fully saturated rings. The molecule has 0 saturated heterocycles. The third-order valence-corrected chi connectivity index (χ3v) is 1.80. The lowest BCUT2D eigenvalue weighted by Gasteiger charge is -2.20. The number of hydrogen-bond acceptors (Lipinski definition) is 2. The molecule has 0 aromatic carbocycles. The summed E-state index contributed by atoms with van der Waals surface area (Å²) in [6, 6.07) is 3.25. The molecule has 14 heavy (non-hydrogen) atoms. The summed E-state index contributed by atoms with van der Waals surface area (Å²) in [6.45, 7) is 2.85.